The molecule has 8 nitrogen and oxygen atoms in total. The highest BCUT2D eigenvalue weighted by atomic mass is 16.2. The molecule has 0 aliphatic carbocycles. The third kappa shape index (κ3) is 2.16. The number of piperazine rings is 1. The van der Waals surface area contributed by atoms with E-state index >= 15 is 0 Å². The minimum absolute atomic E-state index is 0.170. The fourth-order valence-corrected chi connectivity index (χ4v) is 1.79. The van der Waals surface area contributed by atoms with Gasteiger partial charge in [-0.2, -0.15) is 5.26 Å². The zero-order valence-electron chi connectivity index (χ0n) is 9.40. The number of carbonyl (C=O) groups excluding carboxylic acids is 1. The summed E-state index contributed by atoms with van der Waals surface area (Å²) in [6.45, 7) is 1.27. The highest BCUT2D eigenvalue weighted by molar-refractivity contribution is 5.94. The van der Waals surface area contributed by atoms with Crippen molar-refractivity contribution < 1.29 is 4.79 Å². The van der Waals surface area contributed by atoms with E-state index in [1.54, 1.807) is 0 Å². The van der Waals surface area contributed by atoms with Crippen molar-refractivity contribution in [3.8, 4) is 6.07 Å². The first-order valence-electron chi connectivity index (χ1n) is 5.37. The predicted molar refractivity (Wildman–Crippen MR) is 61.0 cm³/mol. The minimum atomic E-state index is -0.751. The third-order valence-electron chi connectivity index (χ3n) is 2.70. The highest BCUT2D eigenvalue weighted by Crippen LogP contribution is 2.06. The summed E-state index contributed by atoms with van der Waals surface area (Å²) in [7, 11) is 0. The summed E-state index contributed by atoms with van der Waals surface area (Å²) in [6, 6.07) is 1.38. The van der Waals surface area contributed by atoms with Gasteiger partial charge >= 0.3 is 5.69 Å². The van der Waals surface area contributed by atoms with Crippen LogP contribution < -0.4 is 16.6 Å². The fourth-order valence-electron chi connectivity index (χ4n) is 1.79. The van der Waals surface area contributed by atoms with E-state index in [9.17, 15) is 14.4 Å². The largest absolute Gasteiger partial charge is 0.325 e. The molecule has 1 aromatic rings. The summed E-state index contributed by atoms with van der Waals surface area (Å²) >= 11 is 0. The lowest BCUT2D eigenvalue weighted by Crippen LogP contribution is -2.54. The average molecular weight is 249 g/mol. The second-order valence-electron chi connectivity index (χ2n) is 3.83. The molecule has 0 bridgehead atoms. The average Bonchev–Trinajstić information content (AvgIpc) is 2.38. The number of aromatic amines is 2. The molecule has 1 aliphatic heterocycles. The minimum Gasteiger partial charge on any atom is -0.320 e. The second-order valence-corrected chi connectivity index (χ2v) is 3.83. The van der Waals surface area contributed by atoms with Crippen LogP contribution in [0.2, 0.25) is 0 Å². The molecule has 18 heavy (non-hydrogen) atoms. The molecule has 1 saturated heterocycles. The summed E-state index contributed by atoms with van der Waals surface area (Å²) in [4.78, 5) is 40.0. The van der Waals surface area contributed by atoms with Crippen molar-refractivity contribution in [3.63, 3.8) is 0 Å². The lowest BCUT2D eigenvalue weighted by atomic mass is 10.1. The number of hydrogen-bond donors (Lipinski definition) is 3. The Hall–Kier alpha value is -2.40. The zero-order valence-corrected chi connectivity index (χ0v) is 9.40. The van der Waals surface area contributed by atoms with E-state index in [4.69, 9.17) is 5.26 Å². The van der Waals surface area contributed by atoms with E-state index in [1.165, 1.54) is 4.90 Å². The van der Waals surface area contributed by atoms with Crippen LogP contribution in [-0.4, -0.2) is 46.5 Å². The molecule has 0 aromatic carbocycles. The number of H-pyrrole nitrogens is 2. The molecule has 1 aromatic heterocycles. The number of amides is 1. The van der Waals surface area contributed by atoms with Gasteiger partial charge in [0.2, 0.25) is 0 Å². The van der Waals surface area contributed by atoms with Crippen molar-refractivity contribution in [2.24, 2.45) is 0 Å². The van der Waals surface area contributed by atoms with Crippen molar-refractivity contribution in [3.05, 3.63) is 32.6 Å². The Labute approximate surface area is 101 Å². The maximum Gasteiger partial charge on any atom is 0.325 e. The Bertz CT molecular complexity index is 611. The van der Waals surface area contributed by atoms with Crippen LogP contribution in [-0.2, 0) is 0 Å². The first-order valence-corrected chi connectivity index (χ1v) is 5.37. The van der Waals surface area contributed by atoms with Crippen molar-refractivity contribution in [1.29, 1.82) is 5.26 Å². The van der Waals surface area contributed by atoms with Crippen LogP contribution in [0.25, 0.3) is 0 Å². The van der Waals surface area contributed by atoms with Gasteiger partial charge in [-0.1, -0.05) is 0 Å². The molecule has 0 spiro atoms. The molecule has 1 amide bonds. The predicted octanol–water partition coefficient (Wildman–Crippen LogP) is -2.00. The van der Waals surface area contributed by atoms with E-state index < -0.39 is 23.2 Å². The van der Waals surface area contributed by atoms with E-state index in [2.05, 4.69) is 10.3 Å². The molecular weight excluding hydrogens is 238 g/mol. The molecule has 1 fully saturated rings. The van der Waals surface area contributed by atoms with Crippen LogP contribution in [0.15, 0.2) is 15.8 Å². The van der Waals surface area contributed by atoms with Gasteiger partial charge in [0, 0.05) is 25.8 Å². The Morgan fingerprint density at radius 3 is 2.94 bits per heavy atom. The molecule has 2 rings (SSSR count). The van der Waals surface area contributed by atoms with Gasteiger partial charge in [-0.3, -0.25) is 14.6 Å². The van der Waals surface area contributed by atoms with Gasteiger partial charge in [0.25, 0.3) is 11.5 Å². The number of hydrogen-bond acceptors (Lipinski definition) is 5. The van der Waals surface area contributed by atoms with Crippen molar-refractivity contribution in [2.45, 2.75) is 6.04 Å². The number of nitrogens with one attached hydrogen (secondary N) is 3. The topological polar surface area (TPSA) is 122 Å². The first-order chi connectivity index (χ1) is 8.63. The van der Waals surface area contributed by atoms with Crippen LogP contribution in [0.3, 0.4) is 0 Å². The number of aromatic nitrogens is 2. The molecule has 2 heterocycles. The quantitative estimate of drug-likeness (QED) is 0.531. The lowest BCUT2D eigenvalue weighted by Gasteiger charge is -2.31. The summed E-state index contributed by atoms with van der Waals surface area (Å²) in [5.74, 6) is -0.555. The summed E-state index contributed by atoms with van der Waals surface area (Å²) in [5, 5.41) is 11.9. The highest BCUT2D eigenvalue weighted by Gasteiger charge is 2.28. The van der Waals surface area contributed by atoms with Crippen LogP contribution in [0.1, 0.15) is 10.4 Å². The molecule has 3 N–H and O–H groups in total. The van der Waals surface area contributed by atoms with Gasteiger partial charge in [-0.05, 0) is 0 Å². The molecule has 1 atom stereocenters. The number of nitriles is 1. The van der Waals surface area contributed by atoms with Crippen LogP contribution in [0, 0.1) is 11.3 Å². The standard InChI is InChI=1S/C10H11N5O3/c11-3-6-4-12-1-2-15(6)9(17)7-5-13-10(18)14-8(7)16/h5-6,12H,1-2,4H2,(H2,13,14,16,18). The molecule has 8 heteroatoms. The Balaban J connectivity index is 2.33. The lowest BCUT2D eigenvalue weighted by molar-refractivity contribution is 0.0684. The Morgan fingerprint density at radius 1 is 1.50 bits per heavy atom. The summed E-state index contributed by atoms with van der Waals surface area (Å²) in [6.07, 6.45) is 1.07. The molecule has 1 aliphatic rings. The van der Waals surface area contributed by atoms with E-state index in [-0.39, 0.29) is 5.56 Å². The van der Waals surface area contributed by atoms with Crippen molar-refractivity contribution in [2.75, 3.05) is 19.6 Å². The number of rotatable bonds is 1. The van der Waals surface area contributed by atoms with Gasteiger partial charge in [-0.15, -0.1) is 0 Å². The van der Waals surface area contributed by atoms with Crippen LogP contribution >= 0.6 is 0 Å². The van der Waals surface area contributed by atoms with Crippen LogP contribution in [0.5, 0.6) is 0 Å². The maximum atomic E-state index is 12.1. The van der Waals surface area contributed by atoms with Gasteiger partial charge in [0.15, 0.2) is 0 Å². The first kappa shape index (κ1) is 12.1. The van der Waals surface area contributed by atoms with Crippen molar-refractivity contribution >= 4 is 5.91 Å². The summed E-state index contributed by atoms with van der Waals surface area (Å²) in [5.41, 5.74) is -1.59. The maximum absolute atomic E-state index is 12.1. The zero-order chi connectivity index (χ0) is 13.1. The van der Waals surface area contributed by atoms with E-state index in [0.717, 1.165) is 6.20 Å². The molecule has 0 radical (unpaired) electrons. The third-order valence-corrected chi connectivity index (χ3v) is 2.70. The molecule has 0 saturated carbocycles. The fraction of sp³-hybridized carbons (Fsp3) is 0.400. The van der Waals surface area contributed by atoms with Gasteiger partial charge in [-0.25, -0.2) is 4.79 Å². The van der Waals surface area contributed by atoms with Crippen molar-refractivity contribution in [1.82, 2.24) is 20.2 Å². The monoisotopic (exact) mass is 249 g/mol. The van der Waals surface area contributed by atoms with E-state index in [0.29, 0.717) is 19.6 Å². The van der Waals surface area contributed by atoms with Gasteiger partial charge < -0.3 is 15.2 Å². The Kier molecular flexibility index (Phi) is 3.25. The van der Waals surface area contributed by atoms with E-state index in [1.807, 2.05) is 11.1 Å². The smallest absolute Gasteiger partial charge is 0.320 e. The van der Waals surface area contributed by atoms with Gasteiger partial charge in [0.1, 0.15) is 11.6 Å². The Morgan fingerprint density at radius 2 is 2.28 bits per heavy atom. The summed E-state index contributed by atoms with van der Waals surface area (Å²) < 4.78 is 0. The number of nitrogens with zero attached hydrogens (tertiary/aromatic N) is 2. The molecule has 94 valence electrons. The molecule has 1 unspecified atom stereocenters. The van der Waals surface area contributed by atoms with Crippen LogP contribution in [0.4, 0.5) is 0 Å². The molecular formula is C10H11N5O3. The number of carbonyl (C=O) groups is 1. The second kappa shape index (κ2) is 4.85. The normalized spacial score (nSPS) is 19.3. The SMILES string of the molecule is N#CC1CNCCN1C(=O)c1c[nH]c(=O)[nH]c1=O. The van der Waals surface area contributed by atoms with Gasteiger partial charge in [0.05, 0.1) is 6.07 Å².